The van der Waals surface area contributed by atoms with Crippen LogP contribution in [0, 0.1) is 0 Å². The Bertz CT molecular complexity index is 787. The summed E-state index contributed by atoms with van der Waals surface area (Å²) in [6, 6.07) is 6.63. The highest BCUT2D eigenvalue weighted by atomic mass is 16.6. The maximum absolute atomic E-state index is 13.0. The van der Waals surface area contributed by atoms with E-state index in [-0.39, 0.29) is 6.04 Å². The third kappa shape index (κ3) is 5.81. The molecule has 0 aromatic heterocycles. The Kier molecular flexibility index (Phi) is 7.13. The first-order valence-electron chi connectivity index (χ1n) is 10.9. The molecule has 0 bridgehead atoms. The smallest absolute Gasteiger partial charge is 0.407 e. The van der Waals surface area contributed by atoms with Gasteiger partial charge in [0.05, 0.1) is 18.1 Å². The van der Waals surface area contributed by atoms with Gasteiger partial charge in [-0.25, -0.2) is 4.79 Å². The lowest BCUT2D eigenvalue weighted by Crippen LogP contribution is -2.57. The number of hydrogen-bond donors (Lipinski definition) is 3. The molecule has 2 amide bonds. The lowest BCUT2D eigenvalue weighted by molar-refractivity contribution is -0.140. The molecule has 30 heavy (non-hydrogen) atoms. The second kappa shape index (κ2) is 9.60. The average Bonchev–Trinajstić information content (AvgIpc) is 2.91. The van der Waals surface area contributed by atoms with Gasteiger partial charge >= 0.3 is 6.09 Å². The number of amides is 2. The average molecular weight is 416 g/mol. The molecule has 1 aliphatic carbocycles. The van der Waals surface area contributed by atoms with Crippen LogP contribution in [-0.2, 0) is 20.7 Å². The quantitative estimate of drug-likeness (QED) is 0.657. The van der Waals surface area contributed by atoms with Crippen molar-refractivity contribution >= 4 is 17.8 Å². The van der Waals surface area contributed by atoms with Crippen LogP contribution >= 0.6 is 0 Å². The zero-order valence-corrected chi connectivity index (χ0v) is 18.1. The molecule has 3 N–H and O–H groups in total. The molecule has 0 radical (unpaired) electrons. The van der Waals surface area contributed by atoms with Crippen LogP contribution in [0.4, 0.5) is 4.79 Å². The summed E-state index contributed by atoms with van der Waals surface area (Å²) in [6.07, 6.45) is 4.55. The van der Waals surface area contributed by atoms with Crippen molar-refractivity contribution in [3.05, 3.63) is 35.4 Å². The fourth-order valence-electron chi connectivity index (χ4n) is 4.22. The molecule has 3 atom stereocenters. The van der Waals surface area contributed by atoms with Gasteiger partial charge in [0, 0.05) is 0 Å². The van der Waals surface area contributed by atoms with Gasteiger partial charge in [0.2, 0.25) is 5.78 Å². The van der Waals surface area contributed by atoms with E-state index in [9.17, 15) is 14.4 Å². The summed E-state index contributed by atoms with van der Waals surface area (Å²) < 4.78 is 5.34. The number of ether oxygens (including phenoxy) is 1. The third-order valence-electron chi connectivity index (χ3n) is 5.59. The third-order valence-corrected chi connectivity index (χ3v) is 5.59. The van der Waals surface area contributed by atoms with E-state index in [0.717, 1.165) is 37.7 Å². The van der Waals surface area contributed by atoms with Crippen LogP contribution in [0.3, 0.4) is 0 Å². The lowest BCUT2D eigenvalue weighted by Gasteiger charge is -2.29. The minimum Gasteiger partial charge on any atom is -0.444 e. The fraction of sp³-hybridized carbons (Fsp3) is 0.609. The first kappa shape index (κ1) is 22.3. The summed E-state index contributed by atoms with van der Waals surface area (Å²) in [5, 5.41) is 8.88. The number of fused-ring (bicyclic) bond motifs is 1. The predicted octanol–water partition coefficient (Wildman–Crippen LogP) is 2.78. The molecule has 3 unspecified atom stereocenters. The van der Waals surface area contributed by atoms with E-state index in [1.165, 1.54) is 5.56 Å². The number of rotatable bonds is 4. The highest BCUT2D eigenvalue weighted by Crippen LogP contribution is 2.29. The molecule has 3 rings (SSSR count). The topological polar surface area (TPSA) is 96.5 Å². The van der Waals surface area contributed by atoms with E-state index < -0.39 is 35.5 Å². The fourth-order valence-corrected chi connectivity index (χ4v) is 4.22. The Morgan fingerprint density at radius 3 is 2.57 bits per heavy atom. The van der Waals surface area contributed by atoms with Crippen molar-refractivity contribution in [2.75, 3.05) is 6.54 Å². The first-order chi connectivity index (χ1) is 14.2. The number of benzene rings is 1. The molecule has 2 aliphatic rings. The summed E-state index contributed by atoms with van der Waals surface area (Å²) in [5.74, 6) is -1.15. The molecular formula is C23H33N3O4. The molecule has 1 saturated heterocycles. The van der Waals surface area contributed by atoms with Crippen molar-refractivity contribution in [1.29, 1.82) is 0 Å². The Labute approximate surface area is 178 Å². The lowest BCUT2D eigenvalue weighted by atomic mass is 9.87. The molecule has 1 aliphatic heterocycles. The number of alkyl carbamates (subject to hydrolysis) is 1. The predicted molar refractivity (Wildman–Crippen MR) is 114 cm³/mol. The maximum Gasteiger partial charge on any atom is 0.407 e. The Morgan fingerprint density at radius 1 is 1.03 bits per heavy atom. The van der Waals surface area contributed by atoms with E-state index in [0.29, 0.717) is 13.0 Å². The number of Topliss-reactive ketones (excluding diaryl/α,β-unsaturated/α-hetero) is 1. The van der Waals surface area contributed by atoms with E-state index in [2.05, 4.69) is 22.0 Å². The first-order valence-corrected chi connectivity index (χ1v) is 10.9. The van der Waals surface area contributed by atoms with Crippen molar-refractivity contribution in [1.82, 2.24) is 16.0 Å². The highest BCUT2D eigenvalue weighted by Gasteiger charge is 2.36. The largest absolute Gasteiger partial charge is 0.444 e. The van der Waals surface area contributed by atoms with E-state index >= 15 is 0 Å². The molecule has 1 aromatic rings. The zero-order valence-electron chi connectivity index (χ0n) is 18.1. The molecule has 7 heteroatoms. The number of ketones is 1. The summed E-state index contributed by atoms with van der Waals surface area (Å²) in [6.45, 7) is 5.99. The summed E-state index contributed by atoms with van der Waals surface area (Å²) >= 11 is 0. The summed E-state index contributed by atoms with van der Waals surface area (Å²) in [4.78, 5) is 38.2. The van der Waals surface area contributed by atoms with Crippen LogP contribution in [0.2, 0.25) is 0 Å². The molecule has 1 heterocycles. The van der Waals surface area contributed by atoms with Gasteiger partial charge in [-0.15, -0.1) is 0 Å². The molecule has 1 fully saturated rings. The number of nitrogens with one attached hydrogen (secondary N) is 3. The molecule has 0 spiro atoms. The molecule has 7 nitrogen and oxygen atoms in total. The second-order valence-electron chi connectivity index (χ2n) is 9.16. The van der Waals surface area contributed by atoms with Gasteiger partial charge in [-0.05, 0) is 70.5 Å². The normalized spacial score (nSPS) is 24.2. The van der Waals surface area contributed by atoms with Crippen LogP contribution in [0.25, 0.3) is 0 Å². The molecule has 164 valence electrons. The van der Waals surface area contributed by atoms with Crippen LogP contribution in [0.5, 0.6) is 0 Å². The van der Waals surface area contributed by atoms with Crippen molar-refractivity contribution in [3.8, 4) is 0 Å². The Morgan fingerprint density at radius 2 is 1.80 bits per heavy atom. The monoisotopic (exact) mass is 415 g/mol. The summed E-state index contributed by atoms with van der Waals surface area (Å²) in [5.41, 5.74) is 1.67. The van der Waals surface area contributed by atoms with Gasteiger partial charge in [0.25, 0.3) is 5.91 Å². The number of carbonyl (C=O) groups is 3. The van der Waals surface area contributed by atoms with E-state index in [4.69, 9.17) is 4.74 Å². The second-order valence-corrected chi connectivity index (χ2v) is 9.16. The van der Waals surface area contributed by atoms with Gasteiger partial charge in [-0.1, -0.05) is 30.7 Å². The number of hydrogen-bond acceptors (Lipinski definition) is 5. The number of carbonyl (C=O) groups excluding carboxylic acids is 3. The van der Waals surface area contributed by atoms with Crippen LogP contribution in [0.1, 0.15) is 70.0 Å². The van der Waals surface area contributed by atoms with Crippen molar-refractivity contribution in [3.63, 3.8) is 0 Å². The molecule has 1 aromatic carbocycles. The van der Waals surface area contributed by atoms with Gasteiger partial charge in [0.15, 0.2) is 0 Å². The van der Waals surface area contributed by atoms with Crippen LogP contribution in [0.15, 0.2) is 24.3 Å². The van der Waals surface area contributed by atoms with E-state index in [1.807, 2.05) is 18.2 Å². The molecular weight excluding hydrogens is 382 g/mol. The minimum absolute atomic E-state index is 0.158. The van der Waals surface area contributed by atoms with Gasteiger partial charge in [0.1, 0.15) is 5.60 Å². The van der Waals surface area contributed by atoms with E-state index in [1.54, 1.807) is 20.8 Å². The van der Waals surface area contributed by atoms with Crippen LogP contribution < -0.4 is 16.0 Å². The van der Waals surface area contributed by atoms with Crippen molar-refractivity contribution in [2.45, 2.75) is 83.0 Å². The van der Waals surface area contributed by atoms with Gasteiger partial charge in [-0.3, -0.25) is 9.59 Å². The minimum atomic E-state index is -0.765. The van der Waals surface area contributed by atoms with Crippen molar-refractivity contribution < 1.29 is 19.1 Å². The van der Waals surface area contributed by atoms with Gasteiger partial charge < -0.3 is 20.7 Å². The standard InChI is InChI=1S/C23H33N3O4/c1-23(2,3)30-22(29)26-18-12-6-7-14-24-19(18)20(27)21(28)25-17-13-8-10-15-9-4-5-11-16(15)17/h4-5,9,11,17-19,24H,6-8,10,12-14H2,1-3H3,(H,25,28)(H,26,29). The maximum atomic E-state index is 13.0. The Balaban J connectivity index is 1.68. The van der Waals surface area contributed by atoms with Crippen molar-refractivity contribution in [2.24, 2.45) is 0 Å². The SMILES string of the molecule is CC(C)(C)OC(=O)NC1CCCCNC1C(=O)C(=O)NC1CCCc2ccccc21. The highest BCUT2D eigenvalue weighted by molar-refractivity contribution is 6.38. The zero-order chi connectivity index (χ0) is 21.7. The Hall–Kier alpha value is -2.41. The summed E-state index contributed by atoms with van der Waals surface area (Å²) in [7, 11) is 0. The van der Waals surface area contributed by atoms with Gasteiger partial charge in [-0.2, -0.15) is 0 Å². The number of aryl methyl sites for hydroxylation is 1. The van der Waals surface area contributed by atoms with Crippen LogP contribution in [-0.4, -0.2) is 42.0 Å². The molecule has 0 saturated carbocycles.